The van der Waals surface area contributed by atoms with Crippen LogP contribution in [0.4, 0.5) is 5.69 Å². The highest BCUT2D eigenvalue weighted by atomic mass is 79.9. The van der Waals surface area contributed by atoms with Gasteiger partial charge in [0.15, 0.2) is 6.61 Å². The van der Waals surface area contributed by atoms with Gasteiger partial charge in [0.25, 0.3) is 11.8 Å². The average molecular weight is 447 g/mol. The third-order valence-corrected chi connectivity index (χ3v) is 5.08. The summed E-state index contributed by atoms with van der Waals surface area (Å²) in [7, 11) is 0. The molecular weight excluding hydrogens is 420 g/mol. The van der Waals surface area contributed by atoms with Crippen molar-refractivity contribution in [2.24, 2.45) is 0 Å². The van der Waals surface area contributed by atoms with E-state index in [1.807, 2.05) is 30.0 Å². The van der Waals surface area contributed by atoms with Gasteiger partial charge in [-0.3, -0.25) is 9.59 Å². The number of ether oxygens (including phenoxy) is 1. The molecule has 2 rings (SSSR count). The van der Waals surface area contributed by atoms with E-state index in [1.165, 1.54) is 0 Å². The molecule has 0 atom stereocenters. The van der Waals surface area contributed by atoms with Crippen molar-refractivity contribution >= 4 is 33.4 Å². The van der Waals surface area contributed by atoms with Gasteiger partial charge in [0.2, 0.25) is 0 Å². The Morgan fingerprint density at radius 3 is 2.25 bits per heavy atom. The highest BCUT2D eigenvalue weighted by Gasteiger charge is 2.14. The molecule has 0 radical (unpaired) electrons. The van der Waals surface area contributed by atoms with E-state index in [-0.39, 0.29) is 18.4 Å². The molecule has 2 aromatic rings. The maximum atomic E-state index is 12.6. The first-order chi connectivity index (χ1) is 13.4. The zero-order valence-electron chi connectivity index (χ0n) is 16.6. The minimum absolute atomic E-state index is 0.0236. The highest BCUT2D eigenvalue weighted by Crippen LogP contribution is 2.21. The molecule has 0 aliphatic rings. The number of benzene rings is 2. The smallest absolute Gasteiger partial charge is 0.262 e. The molecular formula is C22H27BrN2O3. The lowest BCUT2D eigenvalue weighted by Gasteiger charge is -2.21. The van der Waals surface area contributed by atoms with E-state index in [0.29, 0.717) is 17.0 Å². The Bertz CT molecular complexity index is 800. The van der Waals surface area contributed by atoms with Crippen molar-refractivity contribution in [3.63, 3.8) is 0 Å². The van der Waals surface area contributed by atoms with Crippen LogP contribution in [0.1, 0.15) is 42.6 Å². The topological polar surface area (TPSA) is 58.6 Å². The van der Waals surface area contributed by atoms with E-state index >= 15 is 0 Å². The molecule has 6 heteroatoms. The van der Waals surface area contributed by atoms with E-state index in [4.69, 9.17) is 4.74 Å². The van der Waals surface area contributed by atoms with Gasteiger partial charge < -0.3 is 15.0 Å². The third-order valence-electron chi connectivity index (χ3n) is 4.19. The van der Waals surface area contributed by atoms with Crippen LogP contribution < -0.4 is 10.1 Å². The summed E-state index contributed by atoms with van der Waals surface area (Å²) in [5.41, 5.74) is 2.30. The lowest BCUT2D eigenvalue weighted by Crippen LogP contribution is -2.32. The van der Waals surface area contributed by atoms with E-state index < -0.39 is 0 Å². The molecule has 2 amide bonds. The molecule has 0 aromatic heterocycles. The summed E-state index contributed by atoms with van der Waals surface area (Å²) in [4.78, 5) is 26.6. The van der Waals surface area contributed by atoms with E-state index in [1.54, 1.807) is 24.3 Å². The summed E-state index contributed by atoms with van der Waals surface area (Å²) in [6.45, 7) is 7.50. The summed E-state index contributed by atoms with van der Waals surface area (Å²) in [6.07, 6.45) is 1.86. The normalized spacial score (nSPS) is 10.4. The Morgan fingerprint density at radius 1 is 1.04 bits per heavy atom. The Labute approximate surface area is 175 Å². The number of anilines is 1. The molecule has 0 aliphatic heterocycles. The molecule has 0 fully saturated rings. The molecule has 0 heterocycles. The third kappa shape index (κ3) is 6.37. The molecule has 0 bridgehead atoms. The Hall–Kier alpha value is -2.34. The van der Waals surface area contributed by atoms with Crippen molar-refractivity contribution in [1.29, 1.82) is 0 Å². The molecule has 28 heavy (non-hydrogen) atoms. The first-order valence-corrected chi connectivity index (χ1v) is 10.3. The van der Waals surface area contributed by atoms with Gasteiger partial charge >= 0.3 is 0 Å². The van der Waals surface area contributed by atoms with Crippen LogP contribution in [0.15, 0.2) is 46.9 Å². The average Bonchev–Trinajstić information content (AvgIpc) is 2.69. The highest BCUT2D eigenvalue weighted by molar-refractivity contribution is 9.10. The van der Waals surface area contributed by atoms with Crippen molar-refractivity contribution in [2.75, 3.05) is 25.0 Å². The number of hydrogen-bond donors (Lipinski definition) is 1. The first-order valence-electron chi connectivity index (χ1n) is 9.52. The number of halogens is 1. The molecule has 0 saturated heterocycles. The fraction of sp³-hybridized carbons (Fsp3) is 0.364. The van der Waals surface area contributed by atoms with Gasteiger partial charge in [0.1, 0.15) is 5.75 Å². The maximum absolute atomic E-state index is 12.6. The van der Waals surface area contributed by atoms with Crippen LogP contribution in [0, 0.1) is 6.92 Å². The van der Waals surface area contributed by atoms with Crippen molar-refractivity contribution in [3.05, 3.63) is 58.1 Å². The number of hydrogen-bond acceptors (Lipinski definition) is 3. The van der Waals surface area contributed by atoms with Gasteiger partial charge in [0.05, 0.1) is 0 Å². The number of aryl methyl sites for hydroxylation is 1. The second kappa shape index (κ2) is 10.9. The largest absolute Gasteiger partial charge is 0.484 e. The summed E-state index contributed by atoms with van der Waals surface area (Å²) in [6, 6.07) is 12.5. The number of nitrogens with one attached hydrogen (secondary N) is 1. The van der Waals surface area contributed by atoms with Gasteiger partial charge in [-0.2, -0.15) is 0 Å². The minimum atomic E-state index is -0.252. The summed E-state index contributed by atoms with van der Waals surface area (Å²) in [5.74, 6) is 0.414. The zero-order chi connectivity index (χ0) is 20.5. The number of rotatable bonds is 9. The monoisotopic (exact) mass is 446 g/mol. The number of nitrogens with zero attached hydrogens (tertiary/aromatic N) is 1. The van der Waals surface area contributed by atoms with Crippen LogP contribution in [0.3, 0.4) is 0 Å². The predicted octanol–water partition coefficient (Wildman–Crippen LogP) is 5.04. The Morgan fingerprint density at radius 2 is 1.68 bits per heavy atom. The second-order valence-electron chi connectivity index (χ2n) is 6.62. The van der Waals surface area contributed by atoms with E-state index in [2.05, 4.69) is 35.1 Å². The van der Waals surface area contributed by atoms with E-state index in [9.17, 15) is 9.59 Å². The fourth-order valence-electron chi connectivity index (χ4n) is 2.79. The van der Waals surface area contributed by atoms with E-state index in [0.717, 1.165) is 36.0 Å². The summed E-state index contributed by atoms with van der Waals surface area (Å²) < 4.78 is 6.53. The maximum Gasteiger partial charge on any atom is 0.262 e. The van der Waals surface area contributed by atoms with Crippen molar-refractivity contribution in [1.82, 2.24) is 4.90 Å². The van der Waals surface area contributed by atoms with Gasteiger partial charge in [-0.1, -0.05) is 29.8 Å². The Kier molecular flexibility index (Phi) is 8.51. The fourth-order valence-corrected chi connectivity index (χ4v) is 3.03. The van der Waals surface area contributed by atoms with Gasteiger partial charge in [-0.05, 0) is 67.8 Å². The van der Waals surface area contributed by atoms with Crippen LogP contribution >= 0.6 is 15.9 Å². The standard InChI is InChI=1S/C22H27BrN2O3/c1-4-12-25(13-5-2)22(27)17-6-8-18(9-7-17)24-21(26)15-28-19-10-11-20(23)16(3)14-19/h6-11,14H,4-5,12-13,15H2,1-3H3,(H,24,26). The quantitative estimate of drug-likeness (QED) is 0.586. The number of carbonyl (C=O) groups excluding carboxylic acids is 2. The van der Waals surface area contributed by atoms with Crippen LogP contribution in [0.25, 0.3) is 0 Å². The lowest BCUT2D eigenvalue weighted by molar-refractivity contribution is -0.118. The minimum Gasteiger partial charge on any atom is -0.484 e. The molecule has 5 nitrogen and oxygen atoms in total. The van der Waals surface area contributed by atoms with Crippen LogP contribution in [-0.2, 0) is 4.79 Å². The van der Waals surface area contributed by atoms with Crippen molar-refractivity contribution in [3.8, 4) is 5.75 Å². The second-order valence-corrected chi connectivity index (χ2v) is 7.47. The number of amides is 2. The first kappa shape index (κ1) is 22.0. The molecule has 2 aromatic carbocycles. The zero-order valence-corrected chi connectivity index (χ0v) is 18.2. The molecule has 0 unspecified atom stereocenters. The SMILES string of the molecule is CCCN(CCC)C(=O)c1ccc(NC(=O)COc2ccc(Br)c(C)c2)cc1. The predicted molar refractivity (Wildman–Crippen MR) is 116 cm³/mol. The van der Waals surface area contributed by atoms with Crippen LogP contribution in [0.5, 0.6) is 5.75 Å². The molecule has 0 spiro atoms. The molecule has 0 saturated carbocycles. The van der Waals surface area contributed by atoms with Crippen LogP contribution in [0.2, 0.25) is 0 Å². The van der Waals surface area contributed by atoms with Crippen LogP contribution in [-0.4, -0.2) is 36.4 Å². The summed E-state index contributed by atoms with van der Waals surface area (Å²) in [5, 5.41) is 2.79. The van der Waals surface area contributed by atoms with Gasteiger partial charge in [-0.15, -0.1) is 0 Å². The summed E-state index contributed by atoms with van der Waals surface area (Å²) >= 11 is 3.43. The van der Waals surface area contributed by atoms with Gasteiger partial charge in [-0.25, -0.2) is 0 Å². The molecule has 1 N–H and O–H groups in total. The Balaban J connectivity index is 1.91. The van der Waals surface area contributed by atoms with Crippen molar-refractivity contribution in [2.45, 2.75) is 33.6 Å². The molecule has 150 valence electrons. The lowest BCUT2D eigenvalue weighted by atomic mass is 10.1. The van der Waals surface area contributed by atoms with Gasteiger partial charge in [0, 0.05) is 28.8 Å². The van der Waals surface area contributed by atoms with Crippen molar-refractivity contribution < 1.29 is 14.3 Å². The number of carbonyl (C=O) groups is 2. The molecule has 0 aliphatic carbocycles.